The summed E-state index contributed by atoms with van der Waals surface area (Å²) in [4.78, 5) is 13.0. The Morgan fingerprint density at radius 2 is 1.71 bits per heavy atom. The lowest BCUT2D eigenvalue weighted by Gasteiger charge is -2.38. The van der Waals surface area contributed by atoms with Crippen LogP contribution in [0.25, 0.3) is 0 Å². The molecule has 1 aromatic rings. The lowest BCUT2D eigenvalue weighted by atomic mass is 9.67. The fraction of sp³-hybridized carbons (Fsp3) is 0.731. The van der Waals surface area contributed by atoms with Gasteiger partial charge in [0, 0.05) is 0 Å². The molecule has 28 heavy (non-hydrogen) atoms. The van der Waals surface area contributed by atoms with Crippen LogP contribution in [0.2, 0.25) is 0 Å². The SMILES string of the molecule is CCC1(OC(=O)c2cccc(C(CC(C)(C)C)C(C)(C)CC)c2)CCCCC1. The largest absolute Gasteiger partial charge is 0.455 e. The highest BCUT2D eigenvalue weighted by Crippen LogP contribution is 2.45. The second-order valence-electron chi connectivity index (χ2n) is 10.8. The van der Waals surface area contributed by atoms with Crippen LogP contribution in [0, 0.1) is 10.8 Å². The van der Waals surface area contributed by atoms with E-state index in [1.54, 1.807) is 0 Å². The molecule has 0 heterocycles. The molecule has 1 fully saturated rings. The fourth-order valence-corrected chi connectivity index (χ4v) is 4.57. The van der Waals surface area contributed by atoms with Gasteiger partial charge in [-0.1, -0.05) is 73.4 Å². The van der Waals surface area contributed by atoms with Gasteiger partial charge in [-0.2, -0.15) is 0 Å². The van der Waals surface area contributed by atoms with Crippen molar-refractivity contribution in [2.45, 2.75) is 111 Å². The molecule has 1 saturated carbocycles. The van der Waals surface area contributed by atoms with Crippen molar-refractivity contribution in [1.82, 2.24) is 0 Å². The van der Waals surface area contributed by atoms with E-state index in [-0.39, 0.29) is 22.4 Å². The van der Waals surface area contributed by atoms with Crippen LogP contribution < -0.4 is 0 Å². The van der Waals surface area contributed by atoms with Gasteiger partial charge in [-0.05, 0) is 73.0 Å². The Bertz CT molecular complexity index is 645. The zero-order chi connectivity index (χ0) is 21.0. The molecule has 0 aliphatic heterocycles. The van der Waals surface area contributed by atoms with Crippen LogP contribution in [0.5, 0.6) is 0 Å². The molecule has 1 aliphatic carbocycles. The molecule has 1 aromatic carbocycles. The van der Waals surface area contributed by atoms with Gasteiger partial charge in [0.1, 0.15) is 5.60 Å². The van der Waals surface area contributed by atoms with Crippen molar-refractivity contribution < 1.29 is 9.53 Å². The highest BCUT2D eigenvalue weighted by Gasteiger charge is 2.35. The van der Waals surface area contributed by atoms with Crippen LogP contribution in [0.3, 0.4) is 0 Å². The highest BCUT2D eigenvalue weighted by atomic mass is 16.6. The van der Waals surface area contributed by atoms with E-state index in [0.29, 0.717) is 11.5 Å². The summed E-state index contributed by atoms with van der Waals surface area (Å²) in [5, 5.41) is 0. The van der Waals surface area contributed by atoms with Crippen molar-refractivity contribution in [1.29, 1.82) is 0 Å². The van der Waals surface area contributed by atoms with Gasteiger partial charge in [-0.15, -0.1) is 0 Å². The Labute approximate surface area is 173 Å². The minimum atomic E-state index is -0.251. The van der Waals surface area contributed by atoms with E-state index in [1.807, 2.05) is 12.1 Å². The van der Waals surface area contributed by atoms with Gasteiger partial charge in [0.2, 0.25) is 0 Å². The molecule has 158 valence electrons. The number of benzene rings is 1. The van der Waals surface area contributed by atoms with E-state index in [1.165, 1.54) is 24.8 Å². The smallest absolute Gasteiger partial charge is 0.338 e. The van der Waals surface area contributed by atoms with Gasteiger partial charge in [-0.25, -0.2) is 4.79 Å². The second kappa shape index (κ2) is 9.01. The van der Waals surface area contributed by atoms with Gasteiger partial charge in [-0.3, -0.25) is 0 Å². The Kier molecular flexibility index (Phi) is 7.39. The molecule has 2 rings (SSSR count). The lowest BCUT2D eigenvalue weighted by Crippen LogP contribution is -2.36. The first-order chi connectivity index (χ1) is 13.0. The molecule has 1 unspecified atom stereocenters. The molecule has 2 nitrogen and oxygen atoms in total. The second-order valence-corrected chi connectivity index (χ2v) is 10.8. The Balaban J connectivity index is 2.28. The van der Waals surface area contributed by atoms with Gasteiger partial charge in [0.05, 0.1) is 5.56 Å². The van der Waals surface area contributed by atoms with Crippen LogP contribution >= 0.6 is 0 Å². The number of carbonyl (C=O) groups is 1. The van der Waals surface area contributed by atoms with E-state index in [4.69, 9.17) is 4.74 Å². The Morgan fingerprint density at radius 3 is 2.25 bits per heavy atom. The molecular weight excluding hydrogens is 344 g/mol. The number of esters is 1. The first-order valence-electron chi connectivity index (χ1n) is 11.4. The van der Waals surface area contributed by atoms with Crippen molar-refractivity contribution in [3.63, 3.8) is 0 Å². The van der Waals surface area contributed by atoms with E-state index in [0.717, 1.165) is 32.1 Å². The fourth-order valence-electron chi connectivity index (χ4n) is 4.57. The van der Waals surface area contributed by atoms with Crippen LogP contribution in [-0.4, -0.2) is 11.6 Å². The molecular formula is C26H42O2. The van der Waals surface area contributed by atoms with Crippen molar-refractivity contribution in [2.75, 3.05) is 0 Å². The highest BCUT2D eigenvalue weighted by molar-refractivity contribution is 5.90. The normalized spacial score (nSPS) is 18.5. The summed E-state index contributed by atoms with van der Waals surface area (Å²) >= 11 is 0. The predicted octanol–water partition coefficient (Wildman–Crippen LogP) is 7.91. The predicted molar refractivity (Wildman–Crippen MR) is 119 cm³/mol. The molecule has 0 spiro atoms. The van der Waals surface area contributed by atoms with E-state index in [2.05, 4.69) is 60.6 Å². The average Bonchev–Trinajstić information content (AvgIpc) is 2.66. The van der Waals surface area contributed by atoms with Crippen molar-refractivity contribution in [2.24, 2.45) is 10.8 Å². The zero-order valence-electron chi connectivity index (χ0n) is 19.4. The maximum Gasteiger partial charge on any atom is 0.338 e. The average molecular weight is 387 g/mol. The standard InChI is InChI=1S/C26H42O2/c1-8-25(6,7)22(19-24(3,4)5)20-14-13-15-21(18-20)23(27)28-26(9-2)16-11-10-12-17-26/h13-15,18,22H,8-12,16-17,19H2,1-7H3. The monoisotopic (exact) mass is 386 g/mol. The Morgan fingerprint density at radius 1 is 1.07 bits per heavy atom. The zero-order valence-corrected chi connectivity index (χ0v) is 19.4. The van der Waals surface area contributed by atoms with Crippen molar-refractivity contribution in [3.05, 3.63) is 35.4 Å². The maximum absolute atomic E-state index is 13.0. The van der Waals surface area contributed by atoms with Crippen LogP contribution in [-0.2, 0) is 4.74 Å². The third-order valence-electron chi connectivity index (χ3n) is 6.91. The molecule has 2 heteroatoms. The van der Waals surface area contributed by atoms with Crippen LogP contribution in [0.15, 0.2) is 24.3 Å². The molecule has 0 aromatic heterocycles. The van der Waals surface area contributed by atoms with Crippen LogP contribution in [0.4, 0.5) is 0 Å². The lowest BCUT2D eigenvalue weighted by molar-refractivity contribution is -0.0397. The summed E-state index contributed by atoms with van der Waals surface area (Å²) in [6.07, 6.45) is 8.73. The molecule has 0 N–H and O–H groups in total. The van der Waals surface area contributed by atoms with Crippen molar-refractivity contribution >= 4 is 5.97 Å². The number of rotatable bonds is 7. The summed E-state index contributed by atoms with van der Waals surface area (Å²) in [6, 6.07) is 8.25. The minimum absolute atomic E-state index is 0.144. The van der Waals surface area contributed by atoms with Gasteiger partial charge >= 0.3 is 5.97 Å². The van der Waals surface area contributed by atoms with Gasteiger partial charge in [0.25, 0.3) is 0 Å². The van der Waals surface area contributed by atoms with Crippen LogP contribution in [0.1, 0.15) is 122 Å². The number of carbonyl (C=O) groups excluding carboxylic acids is 1. The summed E-state index contributed by atoms with van der Waals surface area (Å²) < 4.78 is 6.12. The summed E-state index contributed by atoms with van der Waals surface area (Å²) in [5.41, 5.74) is 2.15. The minimum Gasteiger partial charge on any atom is -0.455 e. The Hall–Kier alpha value is -1.31. The first kappa shape index (κ1) is 23.0. The molecule has 0 saturated heterocycles. The molecule has 1 atom stereocenters. The third kappa shape index (κ3) is 5.84. The topological polar surface area (TPSA) is 26.3 Å². The van der Waals surface area contributed by atoms with Gasteiger partial charge < -0.3 is 4.74 Å². The summed E-state index contributed by atoms with van der Waals surface area (Å²) in [7, 11) is 0. The number of hydrogen-bond donors (Lipinski definition) is 0. The number of hydrogen-bond acceptors (Lipinski definition) is 2. The molecule has 1 aliphatic rings. The van der Waals surface area contributed by atoms with Crippen molar-refractivity contribution in [3.8, 4) is 0 Å². The number of ether oxygens (including phenoxy) is 1. The summed E-state index contributed by atoms with van der Waals surface area (Å²) in [5.74, 6) is 0.273. The third-order valence-corrected chi connectivity index (χ3v) is 6.91. The van der Waals surface area contributed by atoms with E-state index >= 15 is 0 Å². The first-order valence-corrected chi connectivity index (χ1v) is 11.4. The van der Waals surface area contributed by atoms with E-state index in [9.17, 15) is 4.79 Å². The molecule has 0 amide bonds. The molecule has 0 radical (unpaired) electrons. The summed E-state index contributed by atoms with van der Waals surface area (Å²) in [6.45, 7) is 16.0. The van der Waals surface area contributed by atoms with E-state index < -0.39 is 0 Å². The quantitative estimate of drug-likeness (QED) is 0.445. The maximum atomic E-state index is 13.0. The van der Waals surface area contributed by atoms with Gasteiger partial charge in [0.15, 0.2) is 0 Å². The molecule has 0 bridgehead atoms.